The van der Waals surface area contributed by atoms with Crippen LogP contribution in [0.15, 0.2) is 22.6 Å². The molecule has 0 unspecified atom stereocenters. The van der Waals surface area contributed by atoms with Gasteiger partial charge in [-0.05, 0) is 18.9 Å². The Labute approximate surface area is 146 Å². The highest BCUT2D eigenvalue weighted by Crippen LogP contribution is 2.30. The van der Waals surface area contributed by atoms with Crippen LogP contribution in [0.25, 0.3) is 11.0 Å². The summed E-state index contributed by atoms with van der Waals surface area (Å²) in [5.41, 5.74) is 0.877. The van der Waals surface area contributed by atoms with Crippen molar-refractivity contribution in [3.63, 3.8) is 0 Å². The van der Waals surface area contributed by atoms with E-state index in [4.69, 9.17) is 9.15 Å². The van der Waals surface area contributed by atoms with E-state index < -0.39 is 5.82 Å². The number of hydrogen-bond acceptors (Lipinski definition) is 4. The first-order chi connectivity index (χ1) is 12.1. The third kappa shape index (κ3) is 2.83. The first-order valence-electron chi connectivity index (χ1n) is 8.85. The smallest absolute Gasteiger partial charge is 0.289 e. The molecule has 4 rings (SSSR count). The molecule has 0 saturated carbocycles. The molecule has 0 radical (unpaired) electrons. The third-order valence-electron chi connectivity index (χ3n) is 5.48. The van der Waals surface area contributed by atoms with Gasteiger partial charge in [0.2, 0.25) is 0 Å². The summed E-state index contributed by atoms with van der Waals surface area (Å²) in [4.78, 5) is 17.2. The zero-order valence-corrected chi connectivity index (χ0v) is 14.6. The Hall–Kier alpha value is -1.92. The van der Waals surface area contributed by atoms with Crippen LogP contribution >= 0.6 is 0 Å². The van der Waals surface area contributed by atoms with Gasteiger partial charge in [-0.3, -0.25) is 9.69 Å². The minimum absolute atomic E-state index is 0.143. The Kier molecular flexibility index (Phi) is 4.25. The molecule has 25 heavy (non-hydrogen) atoms. The van der Waals surface area contributed by atoms with Crippen molar-refractivity contribution >= 4 is 16.9 Å². The number of para-hydroxylation sites is 1. The van der Waals surface area contributed by atoms with Gasteiger partial charge >= 0.3 is 0 Å². The lowest BCUT2D eigenvalue weighted by atomic mass is 10.0. The summed E-state index contributed by atoms with van der Waals surface area (Å²) in [6.45, 7) is 8.69. The second-order valence-electron chi connectivity index (χ2n) is 7.08. The van der Waals surface area contributed by atoms with Crippen molar-refractivity contribution in [3.8, 4) is 0 Å². The molecule has 1 aromatic heterocycles. The first kappa shape index (κ1) is 16.5. The highest BCUT2D eigenvalue weighted by atomic mass is 19.1. The minimum atomic E-state index is -0.430. The summed E-state index contributed by atoms with van der Waals surface area (Å²) in [5, 5.41) is 0.667. The van der Waals surface area contributed by atoms with Gasteiger partial charge in [-0.1, -0.05) is 19.1 Å². The maximum absolute atomic E-state index is 13.9. The largest absolute Gasteiger partial charge is 0.448 e. The number of hydrogen-bond donors (Lipinski definition) is 0. The van der Waals surface area contributed by atoms with Gasteiger partial charge in [-0.2, -0.15) is 0 Å². The van der Waals surface area contributed by atoms with Gasteiger partial charge < -0.3 is 14.1 Å². The average molecular weight is 346 g/mol. The van der Waals surface area contributed by atoms with Gasteiger partial charge in [-0.25, -0.2) is 4.39 Å². The molecule has 1 amide bonds. The minimum Gasteiger partial charge on any atom is -0.448 e. The number of ether oxygens (including phenoxy) is 1. The number of furan rings is 1. The van der Waals surface area contributed by atoms with E-state index in [0.717, 1.165) is 26.3 Å². The lowest BCUT2D eigenvalue weighted by Gasteiger charge is -2.33. The number of morpholine rings is 1. The van der Waals surface area contributed by atoms with Crippen LogP contribution in [0.2, 0.25) is 0 Å². The molecule has 6 heteroatoms. The van der Waals surface area contributed by atoms with E-state index in [0.29, 0.717) is 36.0 Å². The molecular formula is C19H23FN2O3. The molecule has 2 atom stereocenters. The first-order valence-corrected chi connectivity index (χ1v) is 8.85. The molecular weight excluding hydrogens is 323 g/mol. The summed E-state index contributed by atoms with van der Waals surface area (Å²) in [7, 11) is 0. The maximum atomic E-state index is 13.9. The van der Waals surface area contributed by atoms with E-state index >= 15 is 0 Å². The predicted molar refractivity (Wildman–Crippen MR) is 92.2 cm³/mol. The molecule has 2 aliphatic heterocycles. The Balaban J connectivity index is 1.57. The Bertz CT molecular complexity index is 797. The third-order valence-corrected chi connectivity index (χ3v) is 5.48. The summed E-state index contributed by atoms with van der Waals surface area (Å²) < 4.78 is 25.0. The van der Waals surface area contributed by atoms with Gasteiger partial charge in [0.05, 0.1) is 13.2 Å². The number of benzene rings is 1. The van der Waals surface area contributed by atoms with Crippen LogP contribution in [0.1, 0.15) is 23.0 Å². The molecule has 2 fully saturated rings. The van der Waals surface area contributed by atoms with Crippen LogP contribution in [-0.2, 0) is 4.74 Å². The summed E-state index contributed by atoms with van der Waals surface area (Å²) in [6.07, 6.45) is 0. The number of fused-ring (bicyclic) bond motifs is 1. The van der Waals surface area contributed by atoms with Crippen molar-refractivity contribution in [3.05, 3.63) is 35.3 Å². The normalized spacial score (nSPS) is 25.0. The topological polar surface area (TPSA) is 45.9 Å². The number of likely N-dealkylation sites (tertiary alicyclic amines) is 1. The SMILES string of the molecule is Cc1c(C(=O)N2C[C@@H](C)[C@@H](N3CCOCC3)C2)oc2c(F)cccc12. The summed E-state index contributed by atoms with van der Waals surface area (Å²) in [6, 6.07) is 5.12. The van der Waals surface area contributed by atoms with E-state index in [2.05, 4.69) is 11.8 Å². The molecule has 0 spiro atoms. The van der Waals surface area contributed by atoms with E-state index in [1.165, 1.54) is 6.07 Å². The number of rotatable bonds is 2. The quantitative estimate of drug-likeness (QED) is 0.839. The van der Waals surface area contributed by atoms with Crippen molar-refractivity contribution < 1.29 is 18.3 Å². The summed E-state index contributed by atoms with van der Waals surface area (Å²) >= 11 is 0. The molecule has 0 aliphatic carbocycles. The molecule has 2 saturated heterocycles. The van der Waals surface area contributed by atoms with Crippen LogP contribution in [0.3, 0.4) is 0 Å². The van der Waals surface area contributed by atoms with E-state index in [9.17, 15) is 9.18 Å². The maximum Gasteiger partial charge on any atom is 0.289 e. The van der Waals surface area contributed by atoms with E-state index in [-0.39, 0.29) is 17.3 Å². The number of amides is 1. The molecule has 2 aromatic rings. The molecule has 0 bridgehead atoms. The highest BCUT2D eigenvalue weighted by Gasteiger charge is 2.38. The zero-order valence-electron chi connectivity index (χ0n) is 14.6. The van der Waals surface area contributed by atoms with Crippen LogP contribution < -0.4 is 0 Å². The fraction of sp³-hybridized carbons (Fsp3) is 0.526. The molecule has 2 aliphatic rings. The fourth-order valence-electron chi connectivity index (χ4n) is 4.06. The van der Waals surface area contributed by atoms with E-state index in [1.807, 2.05) is 11.8 Å². The van der Waals surface area contributed by atoms with Gasteiger partial charge in [0.25, 0.3) is 5.91 Å². The van der Waals surface area contributed by atoms with Crippen LogP contribution in [0, 0.1) is 18.7 Å². The number of aryl methyl sites for hydroxylation is 1. The highest BCUT2D eigenvalue weighted by molar-refractivity contribution is 5.99. The van der Waals surface area contributed by atoms with Crippen LogP contribution in [0.5, 0.6) is 0 Å². The lowest BCUT2D eigenvalue weighted by molar-refractivity contribution is 0.0119. The van der Waals surface area contributed by atoms with Crippen molar-refractivity contribution in [2.45, 2.75) is 19.9 Å². The van der Waals surface area contributed by atoms with E-state index in [1.54, 1.807) is 12.1 Å². The Morgan fingerprint density at radius 1 is 1.24 bits per heavy atom. The molecule has 3 heterocycles. The number of halogens is 1. The number of carbonyl (C=O) groups excluding carboxylic acids is 1. The monoisotopic (exact) mass is 346 g/mol. The van der Waals surface area contributed by atoms with Crippen molar-refractivity contribution in [1.82, 2.24) is 9.80 Å². The van der Waals surface area contributed by atoms with Crippen LogP contribution in [-0.4, -0.2) is 61.1 Å². The van der Waals surface area contributed by atoms with Crippen LogP contribution in [0.4, 0.5) is 4.39 Å². The molecule has 1 aromatic carbocycles. The van der Waals surface area contributed by atoms with Crippen molar-refractivity contribution in [1.29, 1.82) is 0 Å². The van der Waals surface area contributed by atoms with Gasteiger partial charge in [0.1, 0.15) is 0 Å². The predicted octanol–water partition coefficient (Wildman–Crippen LogP) is 2.67. The van der Waals surface area contributed by atoms with Gasteiger partial charge in [-0.15, -0.1) is 0 Å². The Morgan fingerprint density at radius 2 is 2.00 bits per heavy atom. The second kappa shape index (κ2) is 6.42. The molecule has 5 nitrogen and oxygen atoms in total. The Morgan fingerprint density at radius 3 is 2.72 bits per heavy atom. The summed E-state index contributed by atoms with van der Waals surface area (Å²) in [5.74, 6) is 0.0785. The fourth-order valence-corrected chi connectivity index (χ4v) is 4.06. The second-order valence-corrected chi connectivity index (χ2v) is 7.08. The zero-order chi connectivity index (χ0) is 17.6. The number of carbonyl (C=O) groups is 1. The van der Waals surface area contributed by atoms with Gasteiger partial charge in [0.15, 0.2) is 17.2 Å². The van der Waals surface area contributed by atoms with Gasteiger partial charge in [0, 0.05) is 43.2 Å². The molecule has 0 N–H and O–H groups in total. The lowest BCUT2D eigenvalue weighted by Crippen LogP contribution is -2.47. The standard InChI is InChI=1S/C19H23FN2O3/c1-12-10-22(11-16(12)21-6-8-24-9-7-21)19(23)17-13(2)14-4-3-5-15(20)18(14)25-17/h3-5,12,16H,6-11H2,1-2H3/t12-,16+/m1/s1. The number of nitrogens with zero attached hydrogens (tertiary/aromatic N) is 2. The molecule has 134 valence electrons. The van der Waals surface area contributed by atoms with Crippen molar-refractivity contribution in [2.75, 3.05) is 39.4 Å². The van der Waals surface area contributed by atoms with Crippen molar-refractivity contribution in [2.24, 2.45) is 5.92 Å². The average Bonchev–Trinajstić information content (AvgIpc) is 3.17.